The van der Waals surface area contributed by atoms with Gasteiger partial charge in [0.1, 0.15) is 5.82 Å². The molecular formula is C12H10BrClFNS. The fraction of sp³-hybridized carbons (Fsp3) is 0.167. The van der Waals surface area contributed by atoms with Crippen LogP contribution in [0.3, 0.4) is 0 Å². The van der Waals surface area contributed by atoms with Crippen molar-refractivity contribution in [1.82, 2.24) is 0 Å². The Morgan fingerprint density at radius 1 is 1.41 bits per heavy atom. The lowest BCUT2D eigenvalue weighted by Gasteiger charge is -2.11. The zero-order valence-electron chi connectivity index (χ0n) is 8.79. The van der Waals surface area contributed by atoms with Gasteiger partial charge in [-0.15, -0.1) is 11.3 Å². The Morgan fingerprint density at radius 2 is 2.18 bits per heavy atom. The maximum absolute atomic E-state index is 12.9. The molecule has 0 fully saturated rings. The lowest BCUT2D eigenvalue weighted by Crippen LogP contribution is -2.12. The van der Waals surface area contributed by atoms with E-state index in [0.29, 0.717) is 11.4 Å². The second-order valence-electron chi connectivity index (χ2n) is 3.73. The van der Waals surface area contributed by atoms with Gasteiger partial charge in [-0.3, -0.25) is 0 Å². The van der Waals surface area contributed by atoms with Crippen molar-refractivity contribution in [3.05, 3.63) is 55.4 Å². The molecular weight excluding hydrogens is 325 g/mol. The van der Waals surface area contributed by atoms with Gasteiger partial charge in [-0.1, -0.05) is 17.7 Å². The fourth-order valence-corrected chi connectivity index (χ4v) is 3.04. The second kappa shape index (κ2) is 5.48. The van der Waals surface area contributed by atoms with Crippen LogP contribution in [0.2, 0.25) is 5.02 Å². The van der Waals surface area contributed by atoms with Crippen molar-refractivity contribution < 1.29 is 4.39 Å². The molecule has 1 unspecified atom stereocenters. The lowest BCUT2D eigenvalue weighted by molar-refractivity contribution is 0.625. The second-order valence-corrected chi connectivity index (χ2v) is 6.43. The van der Waals surface area contributed by atoms with Gasteiger partial charge in [-0.05, 0) is 57.1 Å². The third kappa shape index (κ3) is 3.28. The van der Waals surface area contributed by atoms with Crippen LogP contribution in [0.4, 0.5) is 4.39 Å². The highest BCUT2D eigenvalue weighted by atomic mass is 79.9. The van der Waals surface area contributed by atoms with Crippen LogP contribution in [0.1, 0.15) is 17.2 Å². The summed E-state index contributed by atoms with van der Waals surface area (Å²) in [6.45, 7) is 0. The summed E-state index contributed by atoms with van der Waals surface area (Å²) in [7, 11) is 0. The smallest absolute Gasteiger partial charge is 0.124 e. The Kier molecular flexibility index (Phi) is 4.20. The Balaban J connectivity index is 2.15. The average Bonchev–Trinajstić information content (AvgIpc) is 2.69. The van der Waals surface area contributed by atoms with Crippen LogP contribution in [-0.2, 0) is 6.42 Å². The molecule has 0 aliphatic carbocycles. The monoisotopic (exact) mass is 333 g/mol. The van der Waals surface area contributed by atoms with E-state index in [4.69, 9.17) is 17.3 Å². The van der Waals surface area contributed by atoms with Gasteiger partial charge in [0.2, 0.25) is 0 Å². The molecule has 1 aromatic heterocycles. The highest BCUT2D eigenvalue weighted by Crippen LogP contribution is 2.28. The third-order valence-corrected chi connectivity index (χ3v) is 4.35. The van der Waals surface area contributed by atoms with Gasteiger partial charge in [0, 0.05) is 11.1 Å². The number of nitrogens with two attached hydrogens (primary N) is 1. The number of hydrogen-bond acceptors (Lipinski definition) is 2. The molecule has 0 aliphatic heterocycles. The van der Waals surface area contributed by atoms with E-state index in [9.17, 15) is 4.39 Å². The minimum Gasteiger partial charge on any atom is -0.324 e. The van der Waals surface area contributed by atoms with Gasteiger partial charge in [0.25, 0.3) is 0 Å². The summed E-state index contributed by atoms with van der Waals surface area (Å²) >= 11 is 11.0. The van der Waals surface area contributed by atoms with E-state index >= 15 is 0 Å². The van der Waals surface area contributed by atoms with Crippen molar-refractivity contribution in [2.75, 3.05) is 0 Å². The van der Waals surface area contributed by atoms with Crippen molar-refractivity contribution >= 4 is 38.9 Å². The van der Waals surface area contributed by atoms with E-state index in [0.717, 1.165) is 14.9 Å². The quantitative estimate of drug-likeness (QED) is 0.876. The van der Waals surface area contributed by atoms with Crippen molar-refractivity contribution in [2.24, 2.45) is 5.73 Å². The van der Waals surface area contributed by atoms with E-state index in [2.05, 4.69) is 15.9 Å². The Hall–Kier alpha value is -0.420. The van der Waals surface area contributed by atoms with Crippen LogP contribution in [0, 0.1) is 5.82 Å². The van der Waals surface area contributed by atoms with Crippen molar-refractivity contribution in [2.45, 2.75) is 12.5 Å². The topological polar surface area (TPSA) is 26.0 Å². The minimum atomic E-state index is -0.328. The zero-order valence-corrected chi connectivity index (χ0v) is 11.9. The predicted octanol–water partition coefficient (Wildman–Crippen LogP) is 4.55. The molecule has 5 heteroatoms. The van der Waals surface area contributed by atoms with Gasteiger partial charge in [-0.2, -0.15) is 0 Å². The van der Waals surface area contributed by atoms with Gasteiger partial charge < -0.3 is 5.73 Å². The first-order chi connectivity index (χ1) is 8.06. The normalized spacial score (nSPS) is 12.7. The molecule has 0 bridgehead atoms. The molecule has 1 aromatic carbocycles. The number of hydrogen-bond donors (Lipinski definition) is 1. The summed E-state index contributed by atoms with van der Waals surface area (Å²) in [5, 5.41) is 2.43. The van der Waals surface area contributed by atoms with Crippen molar-refractivity contribution in [3.63, 3.8) is 0 Å². The van der Waals surface area contributed by atoms with Crippen LogP contribution < -0.4 is 5.73 Å². The van der Waals surface area contributed by atoms with Crippen molar-refractivity contribution in [1.29, 1.82) is 0 Å². The Bertz CT molecular complexity index is 529. The van der Waals surface area contributed by atoms with Gasteiger partial charge in [0.15, 0.2) is 0 Å². The SMILES string of the molecule is NC(Cc1ccc(F)cc1Cl)c1csc(Br)c1. The highest BCUT2D eigenvalue weighted by Gasteiger charge is 2.11. The lowest BCUT2D eigenvalue weighted by atomic mass is 10.0. The van der Waals surface area contributed by atoms with Gasteiger partial charge in [-0.25, -0.2) is 4.39 Å². The Morgan fingerprint density at radius 3 is 2.76 bits per heavy atom. The summed E-state index contributed by atoms with van der Waals surface area (Å²) in [6.07, 6.45) is 0.599. The summed E-state index contributed by atoms with van der Waals surface area (Å²) in [4.78, 5) is 0. The number of halogens is 3. The van der Waals surface area contributed by atoms with Crippen LogP contribution in [-0.4, -0.2) is 0 Å². The maximum Gasteiger partial charge on any atom is 0.124 e. The molecule has 17 heavy (non-hydrogen) atoms. The minimum absolute atomic E-state index is 0.125. The largest absolute Gasteiger partial charge is 0.324 e. The predicted molar refractivity (Wildman–Crippen MR) is 74.1 cm³/mol. The van der Waals surface area contributed by atoms with Gasteiger partial charge >= 0.3 is 0 Å². The summed E-state index contributed by atoms with van der Waals surface area (Å²) in [5.41, 5.74) is 8.00. The standard InChI is InChI=1S/C12H10BrClFNS/c13-12-4-8(6-17-12)11(16)3-7-1-2-9(15)5-10(7)14/h1-2,4-6,11H,3,16H2. The Labute approximate surface area is 117 Å². The molecule has 0 spiro atoms. The molecule has 0 amide bonds. The molecule has 1 heterocycles. The van der Waals surface area contributed by atoms with E-state index in [1.54, 1.807) is 17.4 Å². The molecule has 0 radical (unpaired) electrons. The maximum atomic E-state index is 12.9. The number of thiophene rings is 1. The molecule has 2 rings (SSSR count). The molecule has 90 valence electrons. The molecule has 1 nitrogen and oxygen atoms in total. The van der Waals surface area contributed by atoms with E-state index in [1.165, 1.54) is 12.1 Å². The van der Waals surface area contributed by atoms with Crippen LogP contribution in [0.15, 0.2) is 33.4 Å². The first kappa shape index (κ1) is 13.0. The molecule has 0 aliphatic rings. The van der Waals surface area contributed by atoms with Crippen LogP contribution in [0.25, 0.3) is 0 Å². The molecule has 1 atom stereocenters. The van der Waals surface area contributed by atoms with E-state index < -0.39 is 0 Å². The first-order valence-corrected chi connectivity index (χ1v) is 7.05. The van der Waals surface area contributed by atoms with Crippen molar-refractivity contribution in [3.8, 4) is 0 Å². The fourth-order valence-electron chi connectivity index (χ4n) is 1.56. The van der Waals surface area contributed by atoms with Gasteiger partial charge in [0.05, 0.1) is 3.79 Å². The van der Waals surface area contributed by atoms with Crippen LogP contribution in [0.5, 0.6) is 0 Å². The molecule has 0 saturated heterocycles. The first-order valence-electron chi connectivity index (χ1n) is 4.99. The summed E-state index contributed by atoms with van der Waals surface area (Å²) < 4.78 is 13.9. The van der Waals surface area contributed by atoms with E-state index in [-0.39, 0.29) is 11.9 Å². The molecule has 0 saturated carbocycles. The highest BCUT2D eigenvalue weighted by molar-refractivity contribution is 9.11. The third-order valence-electron chi connectivity index (χ3n) is 2.47. The van der Waals surface area contributed by atoms with Crippen LogP contribution >= 0.6 is 38.9 Å². The average molecular weight is 335 g/mol. The summed E-state index contributed by atoms with van der Waals surface area (Å²) in [6, 6.07) is 6.26. The summed E-state index contributed by atoms with van der Waals surface area (Å²) in [5.74, 6) is -0.328. The molecule has 2 N–H and O–H groups in total. The molecule has 2 aromatic rings. The van der Waals surface area contributed by atoms with E-state index in [1.807, 2.05) is 11.4 Å². The zero-order chi connectivity index (χ0) is 12.4. The number of benzene rings is 1. The number of rotatable bonds is 3.